The third kappa shape index (κ3) is 3.47. The van der Waals surface area contributed by atoms with E-state index in [1.807, 2.05) is 24.3 Å². The van der Waals surface area contributed by atoms with Crippen LogP contribution in [0.25, 0.3) is 0 Å². The van der Waals surface area contributed by atoms with E-state index in [1.54, 1.807) is 14.0 Å². The van der Waals surface area contributed by atoms with Crippen LogP contribution in [0.3, 0.4) is 0 Å². The number of hydrogen-bond acceptors (Lipinski definition) is 3. The number of carboxylic acid groups (broad SMARTS) is 1. The molecule has 0 saturated heterocycles. The van der Waals surface area contributed by atoms with E-state index in [0.717, 1.165) is 10.6 Å². The lowest BCUT2D eigenvalue weighted by atomic mass is 10.2. The van der Waals surface area contributed by atoms with E-state index >= 15 is 0 Å². The lowest BCUT2D eigenvalue weighted by Crippen LogP contribution is -2.11. The molecule has 1 rings (SSSR count). The number of methoxy groups -OCH3 is 1. The summed E-state index contributed by atoms with van der Waals surface area (Å²) in [6.45, 7) is 1.70. The minimum Gasteiger partial charge on any atom is -0.496 e. The Labute approximate surface area is 93.4 Å². The molecule has 0 bridgehead atoms. The van der Waals surface area contributed by atoms with Crippen LogP contribution in [-0.4, -0.2) is 23.9 Å². The molecule has 15 heavy (non-hydrogen) atoms. The van der Waals surface area contributed by atoms with Crippen molar-refractivity contribution in [3.05, 3.63) is 24.3 Å². The Morgan fingerprint density at radius 2 is 2.20 bits per heavy atom. The summed E-state index contributed by atoms with van der Waals surface area (Å²) in [5.41, 5.74) is 0. The first kappa shape index (κ1) is 11.9. The first-order valence-corrected chi connectivity index (χ1v) is 5.62. The highest BCUT2D eigenvalue weighted by atomic mass is 32.2. The Morgan fingerprint density at radius 3 is 2.80 bits per heavy atom. The molecular formula is C11H14O3S. The molecular weight excluding hydrogens is 212 g/mol. The van der Waals surface area contributed by atoms with Crippen molar-refractivity contribution in [1.29, 1.82) is 0 Å². The summed E-state index contributed by atoms with van der Waals surface area (Å²) in [7, 11) is 1.61. The molecule has 0 amide bonds. The fraction of sp³-hybridized carbons (Fsp3) is 0.364. The minimum absolute atomic E-state index is 0.347. The zero-order valence-corrected chi connectivity index (χ0v) is 9.58. The Morgan fingerprint density at radius 1 is 1.53 bits per heavy atom. The van der Waals surface area contributed by atoms with E-state index in [4.69, 9.17) is 9.84 Å². The van der Waals surface area contributed by atoms with Gasteiger partial charge in [-0.25, -0.2) is 0 Å². The summed E-state index contributed by atoms with van der Waals surface area (Å²) in [6.07, 6.45) is 0. The quantitative estimate of drug-likeness (QED) is 0.784. The predicted octanol–water partition coefficient (Wildman–Crippen LogP) is 2.51. The monoisotopic (exact) mass is 226 g/mol. The van der Waals surface area contributed by atoms with Crippen LogP contribution in [0.2, 0.25) is 0 Å². The van der Waals surface area contributed by atoms with E-state index in [0.29, 0.717) is 5.75 Å². The highest BCUT2D eigenvalue weighted by Gasteiger charge is 2.12. The van der Waals surface area contributed by atoms with Crippen molar-refractivity contribution >= 4 is 17.7 Å². The van der Waals surface area contributed by atoms with Gasteiger partial charge in [-0.1, -0.05) is 19.1 Å². The van der Waals surface area contributed by atoms with Crippen LogP contribution in [0.15, 0.2) is 29.2 Å². The number of benzene rings is 1. The van der Waals surface area contributed by atoms with Gasteiger partial charge in [0.1, 0.15) is 5.75 Å². The third-order valence-corrected chi connectivity index (χ3v) is 3.29. The molecule has 1 aromatic rings. The number of rotatable bonds is 5. The van der Waals surface area contributed by atoms with Gasteiger partial charge in [0, 0.05) is 10.6 Å². The molecule has 1 atom stereocenters. The van der Waals surface area contributed by atoms with E-state index in [1.165, 1.54) is 11.8 Å². The standard InChI is InChI=1S/C11H14O3S/c1-8(11(12)13)7-15-10-6-4-3-5-9(10)14-2/h3-6,8H,7H2,1-2H3,(H,12,13)/t8-/m0/s1. The number of hydrogen-bond donors (Lipinski definition) is 1. The average molecular weight is 226 g/mol. The molecule has 0 saturated carbocycles. The SMILES string of the molecule is COc1ccccc1SC[C@H](C)C(=O)O. The molecule has 0 aliphatic carbocycles. The molecule has 0 aromatic heterocycles. The summed E-state index contributed by atoms with van der Waals surface area (Å²) in [4.78, 5) is 11.6. The maximum atomic E-state index is 10.6. The lowest BCUT2D eigenvalue weighted by molar-refractivity contribution is -0.140. The van der Waals surface area contributed by atoms with Gasteiger partial charge in [-0.05, 0) is 12.1 Å². The topological polar surface area (TPSA) is 46.5 Å². The Hall–Kier alpha value is -1.16. The largest absolute Gasteiger partial charge is 0.496 e. The smallest absolute Gasteiger partial charge is 0.307 e. The normalized spacial score (nSPS) is 12.1. The van der Waals surface area contributed by atoms with Crippen LogP contribution >= 0.6 is 11.8 Å². The first-order valence-electron chi connectivity index (χ1n) is 4.63. The fourth-order valence-electron chi connectivity index (χ4n) is 1.02. The molecule has 0 fully saturated rings. The van der Waals surface area contributed by atoms with Crippen molar-refractivity contribution in [3.63, 3.8) is 0 Å². The fourth-order valence-corrected chi connectivity index (χ4v) is 2.06. The molecule has 0 radical (unpaired) electrons. The molecule has 0 aliphatic rings. The van der Waals surface area contributed by atoms with Crippen LogP contribution in [0.5, 0.6) is 5.75 Å². The maximum absolute atomic E-state index is 10.6. The second-order valence-corrected chi connectivity index (χ2v) is 4.26. The van der Waals surface area contributed by atoms with Gasteiger partial charge in [0.2, 0.25) is 0 Å². The van der Waals surface area contributed by atoms with Crippen molar-refractivity contribution in [2.75, 3.05) is 12.9 Å². The summed E-state index contributed by atoms with van der Waals surface area (Å²) in [5, 5.41) is 8.74. The van der Waals surface area contributed by atoms with E-state index in [2.05, 4.69) is 0 Å². The first-order chi connectivity index (χ1) is 7.15. The Balaban J connectivity index is 2.60. The molecule has 0 spiro atoms. The second kappa shape index (κ2) is 5.66. The van der Waals surface area contributed by atoms with Crippen molar-refractivity contribution < 1.29 is 14.6 Å². The van der Waals surface area contributed by atoms with Crippen LogP contribution < -0.4 is 4.74 Å². The van der Waals surface area contributed by atoms with Gasteiger partial charge in [0.15, 0.2) is 0 Å². The molecule has 4 heteroatoms. The van der Waals surface area contributed by atoms with Crippen molar-refractivity contribution in [2.45, 2.75) is 11.8 Å². The number of carbonyl (C=O) groups is 1. The Bertz CT molecular complexity index is 338. The predicted molar refractivity (Wildman–Crippen MR) is 60.5 cm³/mol. The zero-order valence-electron chi connectivity index (χ0n) is 8.77. The molecule has 0 aliphatic heterocycles. The highest BCUT2D eigenvalue weighted by Crippen LogP contribution is 2.29. The number of aliphatic carboxylic acids is 1. The van der Waals surface area contributed by atoms with Crippen LogP contribution in [0.1, 0.15) is 6.92 Å². The van der Waals surface area contributed by atoms with Gasteiger partial charge in [0.05, 0.1) is 13.0 Å². The molecule has 82 valence electrons. The van der Waals surface area contributed by atoms with Gasteiger partial charge in [-0.15, -0.1) is 11.8 Å². The molecule has 0 heterocycles. The molecule has 1 N–H and O–H groups in total. The van der Waals surface area contributed by atoms with Gasteiger partial charge in [0.25, 0.3) is 0 Å². The van der Waals surface area contributed by atoms with Crippen molar-refractivity contribution in [2.24, 2.45) is 5.92 Å². The van der Waals surface area contributed by atoms with Gasteiger partial charge >= 0.3 is 5.97 Å². The van der Waals surface area contributed by atoms with Crippen molar-refractivity contribution in [3.8, 4) is 5.75 Å². The second-order valence-electron chi connectivity index (χ2n) is 3.20. The van der Waals surface area contributed by atoms with Gasteiger partial charge in [-0.2, -0.15) is 0 Å². The minimum atomic E-state index is -0.766. The zero-order chi connectivity index (χ0) is 11.3. The number of para-hydroxylation sites is 1. The molecule has 0 unspecified atom stereocenters. The van der Waals surface area contributed by atoms with Crippen LogP contribution in [-0.2, 0) is 4.79 Å². The third-order valence-electron chi connectivity index (χ3n) is 1.98. The van der Waals surface area contributed by atoms with Crippen molar-refractivity contribution in [1.82, 2.24) is 0 Å². The number of ether oxygens (including phenoxy) is 1. The molecule has 3 nitrogen and oxygen atoms in total. The van der Waals surface area contributed by atoms with Gasteiger partial charge in [-0.3, -0.25) is 4.79 Å². The number of thioether (sulfide) groups is 1. The lowest BCUT2D eigenvalue weighted by Gasteiger charge is -2.09. The number of carboxylic acids is 1. The summed E-state index contributed by atoms with van der Waals surface area (Å²) < 4.78 is 5.17. The van der Waals surface area contributed by atoms with Gasteiger partial charge < -0.3 is 9.84 Å². The summed E-state index contributed by atoms with van der Waals surface area (Å²) in [5.74, 6) is 0.229. The highest BCUT2D eigenvalue weighted by molar-refractivity contribution is 7.99. The summed E-state index contributed by atoms with van der Waals surface area (Å²) in [6, 6.07) is 7.60. The van der Waals surface area contributed by atoms with E-state index < -0.39 is 5.97 Å². The summed E-state index contributed by atoms with van der Waals surface area (Å²) >= 11 is 1.50. The average Bonchev–Trinajstić information content (AvgIpc) is 2.26. The molecule has 1 aromatic carbocycles. The van der Waals surface area contributed by atoms with E-state index in [9.17, 15) is 4.79 Å². The van der Waals surface area contributed by atoms with Crippen LogP contribution in [0, 0.1) is 5.92 Å². The van der Waals surface area contributed by atoms with Crippen LogP contribution in [0.4, 0.5) is 0 Å². The Kier molecular flexibility index (Phi) is 4.49. The maximum Gasteiger partial charge on any atom is 0.307 e. The van der Waals surface area contributed by atoms with E-state index in [-0.39, 0.29) is 5.92 Å².